The van der Waals surface area contributed by atoms with Crippen LogP contribution in [0.4, 0.5) is 0 Å². The zero-order chi connectivity index (χ0) is 11.2. The van der Waals surface area contributed by atoms with Crippen LogP contribution >= 0.6 is 0 Å². The van der Waals surface area contributed by atoms with Crippen LogP contribution < -0.4 is 5.32 Å². The van der Waals surface area contributed by atoms with Crippen LogP contribution in [-0.4, -0.2) is 18.4 Å². The molecule has 1 heterocycles. The van der Waals surface area contributed by atoms with E-state index in [0.717, 1.165) is 5.56 Å². The second kappa shape index (κ2) is 5.47. The summed E-state index contributed by atoms with van der Waals surface area (Å²) in [6.45, 7) is 1.15. The molecule has 0 aliphatic carbocycles. The Bertz CT molecular complexity index is 373. The Balaban J connectivity index is 1.72. The molecule has 0 saturated heterocycles. The average molecular weight is 217 g/mol. The van der Waals surface area contributed by atoms with Crippen LogP contribution in [0.25, 0.3) is 0 Å². The number of ketones is 1. The van der Waals surface area contributed by atoms with Crippen LogP contribution in [0.15, 0.2) is 42.6 Å². The number of hydrogen-bond donors (Lipinski definition) is 1. The molecule has 2 rings (SSSR count). The lowest BCUT2D eigenvalue weighted by Gasteiger charge is -2.19. The molecule has 0 spiro atoms. The van der Waals surface area contributed by atoms with Crippen molar-refractivity contribution in [3.63, 3.8) is 0 Å². The molecule has 0 radical (unpaired) electrons. The van der Waals surface area contributed by atoms with E-state index in [1.54, 1.807) is 12.3 Å². The zero-order valence-electron chi connectivity index (χ0n) is 9.06. The average Bonchev–Trinajstić information content (AvgIpc) is 2.30. The van der Waals surface area contributed by atoms with Gasteiger partial charge in [-0.2, -0.15) is 0 Å². The van der Waals surface area contributed by atoms with Gasteiger partial charge in [0.25, 0.3) is 0 Å². The molecule has 1 aliphatic heterocycles. The molecule has 0 bridgehead atoms. The molecule has 3 heteroatoms. The molecule has 0 amide bonds. The third kappa shape index (κ3) is 3.21. The highest BCUT2D eigenvalue weighted by Gasteiger charge is 2.14. The molecule has 1 atom stereocenters. The van der Waals surface area contributed by atoms with E-state index in [9.17, 15) is 4.79 Å². The minimum atomic E-state index is 0.112. The molecule has 1 N–H and O–H groups in total. The second-order valence-corrected chi connectivity index (χ2v) is 3.87. The summed E-state index contributed by atoms with van der Waals surface area (Å²) in [6.07, 6.45) is 3.78. The minimum absolute atomic E-state index is 0.112. The van der Waals surface area contributed by atoms with Gasteiger partial charge in [-0.1, -0.05) is 30.3 Å². The van der Waals surface area contributed by atoms with E-state index in [0.29, 0.717) is 19.6 Å². The minimum Gasteiger partial charge on any atom is -0.385 e. The molecule has 0 fully saturated rings. The maximum absolute atomic E-state index is 11.1. The van der Waals surface area contributed by atoms with Crippen molar-refractivity contribution in [2.45, 2.75) is 19.1 Å². The standard InChI is InChI=1S/C13H15NO2/c15-13-6-7-14-12(8-13)10-16-9-11-4-2-1-3-5-11/h1-7,12,14H,8-10H2. The molecule has 1 aromatic rings. The van der Waals surface area contributed by atoms with E-state index in [-0.39, 0.29) is 11.8 Å². The normalized spacial score (nSPS) is 19.5. The van der Waals surface area contributed by atoms with Gasteiger partial charge in [0.1, 0.15) is 0 Å². The third-order valence-electron chi connectivity index (χ3n) is 2.48. The highest BCUT2D eigenvalue weighted by molar-refractivity contribution is 5.90. The summed E-state index contributed by atoms with van der Waals surface area (Å²) in [5.41, 5.74) is 1.15. The fourth-order valence-electron chi connectivity index (χ4n) is 1.65. The fourth-order valence-corrected chi connectivity index (χ4v) is 1.65. The maximum Gasteiger partial charge on any atom is 0.159 e. The van der Waals surface area contributed by atoms with Gasteiger partial charge in [0.2, 0.25) is 0 Å². The second-order valence-electron chi connectivity index (χ2n) is 3.87. The maximum atomic E-state index is 11.1. The van der Waals surface area contributed by atoms with E-state index in [4.69, 9.17) is 4.74 Å². The Morgan fingerprint density at radius 2 is 2.12 bits per heavy atom. The molecular weight excluding hydrogens is 202 g/mol. The third-order valence-corrected chi connectivity index (χ3v) is 2.48. The lowest BCUT2D eigenvalue weighted by Crippen LogP contribution is -2.34. The van der Waals surface area contributed by atoms with Crippen molar-refractivity contribution in [1.82, 2.24) is 5.32 Å². The summed E-state index contributed by atoms with van der Waals surface area (Å²) < 4.78 is 5.56. The summed E-state index contributed by atoms with van der Waals surface area (Å²) in [5.74, 6) is 0.159. The molecule has 84 valence electrons. The number of hydrogen-bond acceptors (Lipinski definition) is 3. The highest BCUT2D eigenvalue weighted by Crippen LogP contribution is 2.04. The van der Waals surface area contributed by atoms with Gasteiger partial charge in [-0.05, 0) is 11.6 Å². The zero-order valence-corrected chi connectivity index (χ0v) is 9.06. The van der Waals surface area contributed by atoms with Crippen molar-refractivity contribution in [1.29, 1.82) is 0 Å². The van der Waals surface area contributed by atoms with Gasteiger partial charge in [0.15, 0.2) is 5.78 Å². The van der Waals surface area contributed by atoms with Crippen molar-refractivity contribution in [3.05, 3.63) is 48.2 Å². The summed E-state index contributed by atoms with van der Waals surface area (Å²) >= 11 is 0. The van der Waals surface area contributed by atoms with E-state index < -0.39 is 0 Å². The monoisotopic (exact) mass is 217 g/mol. The van der Waals surface area contributed by atoms with Gasteiger partial charge >= 0.3 is 0 Å². The van der Waals surface area contributed by atoms with Gasteiger partial charge < -0.3 is 10.1 Å². The van der Waals surface area contributed by atoms with Crippen molar-refractivity contribution in [2.75, 3.05) is 6.61 Å². The van der Waals surface area contributed by atoms with Crippen LogP contribution in [0.5, 0.6) is 0 Å². The lowest BCUT2D eigenvalue weighted by molar-refractivity contribution is -0.115. The first kappa shape index (κ1) is 10.9. The van der Waals surface area contributed by atoms with Crippen molar-refractivity contribution < 1.29 is 9.53 Å². The van der Waals surface area contributed by atoms with Crippen LogP contribution in [0.1, 0.15) is 12.0 Å². The van der Waals surface area contributed by atoms with Crippen molar-refractivity contribution in [2.24, 2.45) is 0 Å². The molecule has 1 unspecified atom stereocenters. The summed E-state index contributed by atoms with van der Waals surface area (Å²) in [5, 5.41) is 3.11. The quantitative estimate of drug-likeness (QED) is 0.833. The van der Waals surface area contributed by atoms with E-state index in [1.807, 2.05) is 30.3 Å². The molecule has 1 aliphatic rings. The molecule has 1 aromatic carbocycles. The number of carbonyl (C=O) groups is 1. The summed E-state index contributed by atoms with van der Waals surface area (Å²) in [7, 11) is 0. The molecule has 3 nitrogen and oxygen atoms in total. The van der Waals surface area contributed by atoms with Gasteiger partial charge in [-0.15, -0.1) is 0 Å². The first-order valence-corrected chi connectivity index (χ1v) is 5.42. The van der Waals surface area contributed by atoms with Crippen LogP contribution in [0.2, 0.25) is 0 Å². The first-order valence-electron chi connectivity index (χ1n) is 5.42. The van der Waals surface area contributed by atoms with E-state index in [2.05, 4.69) is 5.32 Å². The topological polar surface area (TPSA) is 38.3 Å². The van der Waals surface area contributed by atoms with Gasteiger partial charge in [-0.3, -0.25) is 4.79 Å². The summed E-state index contributed by atoms with van der Waals surface area (Å²) in [6, 6.07) is 10.1. The number of ether oxygens (including phenoxy) is 1. The number of nitrogens with one attached hydrogen (secondary N) is 1. The van der Waals surface area contributed by atoms with Crippen molar-refractivity contribution >= 4 is 5.78 Å². The smallest absolute Gasteiger partial charge is 0.159 e. The molecule has 0 saturated carbocycles. The largest absolute Gasteiger partial charge is 0.385 e. The van der Waals surface area contributed by atoms with Crippen LogP contribution in [0.3, 0.4) is 0 Å². The first-order chi connectivity index (χ1) is 7.84. The Hall–Kier alpha value is -1.61. The van der Waals surface area contributed by atoms with Gasteiger partial charge in [0.05, 0.1) is 19.3 Å². The van der Waals surface area contributed by atoms with Crippen LogP contribution in [-0.2, 0) is 16.1 Å². The number of allylic oxidation sites excluding steroid dienone is 1. The Kier molecular flexibility index (Phi) is 3.72. The summed E-state index contributed by atoms with van der Waals surface area (Å²) in [4.78, 5) is 11.1. The van der Waals surface area contributed by atoms with Gasteiger partial charge in [0, 0.05) is 12.6 Å². The van der Waals surface area contributed by atoms with E-state index in [1.165, 1.54) is 0 Å². The number of carbonyl (C=O) groups excluding carboxylic acids is 1. The Morgan fingerprint density at radius 3 is 2.88 bits per heavy atom. The molecule has 16 heavy (non-hydrogen) atoms. The predicted octanol–water partition coefficient (Wildman–Crippen LogP) is 1.65. The van der Waals surface area contributed by atoms with E-state index >= 15 is 0 Å². The Labute approximate surface area is 95.1 Å². The molecular formula is C13H15NO2. The molecule has 0 aromatic heterocycles. The SMILES string of the molecule is O=C1C=CNC(COCc2ccccc2)C1. The number of benzene rings is 1. The fraction of sp³-hybridized carbons (Fsp3) is 0.308. The predicted molar refractivity (Wildman–Crippen MR) is 61.8 cm³/mol. The van der Waals surface area contributed by atoms with Crippen LogP contribution in [0, 0.1) is 0 Å². The number of rotatable bonds is 4. The lowest BCUT2D eigenvalue weighted by atomic mass is 10.1. The Morgan fingerprint density at radius 1 is 1.31 bits per heavy atom. The van der Waals surface area contributed by atoms with Gasteiger partial charge in [-0.25, -0.2) is 0 Å². The highest BCUT2D eigenvalue weighted by atomic mass is 16.5. The van der Waals surface area contributed by atoms with Crippen molar-refractivity contribution in [3.8, 4) is 0 Å².